The standard InChI is InChI=1S/C10H13N3O5/c1-6(8(14)15)10(2)3-4-12-5-7(13(16)17)11-9(12)18-10/h5-6H,3-4H2,1-2H3,(H,14,15)/t6?,10-/m0/s1. The highest BCUT2D eigenvalue weighted by Gasteiger charge is 2.43. The van der Waals surface area contributed by atoms with Crippen molar-refractivity contribution < 1.29 is 19.6 Å². The van der Waals surface area contributed by atoms with E-state index >= 15 is 0 Å². The molecule has 98 valence electrons. The maximum Gasteiger partial charge on any atom is 0.414 e. The number of rotatable bonds is 3. The van der Waals surface area contributed by atoms with E-state index < -0.39 is 22.4 Å². The molecule has 8 heteroatoms. The third-order valence-electron chi connectivity index (χ3n) is 3.37. The minimum atomic E-state index is -0.966. The summed E-state index contributed by atoms with van der Waals surface area (Å²) in [6.45, 7) is 3.68. The normalized spacial score (nSPS) is 23.9. The Bertz CT molecular complexity index is 512. The minimum absolute atomic E-state index is 0.101. The maximum absolute atomic E-state index is 11.0. The first kappa shape index (κ1) is 12.3. The molecule has 0 saturated heterocycles. The number of hydrogen-bond acceptors (Lipinski definition) is 5. The summed E-state index contributed by atoms with van der Waals surface area (Å²) in [5.41, 5.74) is -0.902. The van der Waals surface area contributed by atoms with Gasteiger partial charge in [-0.05, 0) is 18.8 Å². The zero-order chi connectivity index (χ0) is 13.5. The van der Waals surface area contributed by atoms with Crippen molar-refractivity contribution in [2.24, 2.45) is 5.92 Å². The van der Waals surface area contributed by atoms with Crippen LogP contribution < -0.4 is 4.74 Å². The molecule has 8 nitrogen and oxygen atoms in total. The number of carboxylic acid groups (broad SMARTS) is 1. The SMILES string of the molecule is CC(C(=O)O)[C@]1(C)CCn2cc([N+](=O)[O-])nc2O1. The van der Waals surface area contributed by atoms with Gasteiger partial charge in [-0.2, -0.15) is 0 Å². The van der Waals surface area contributed by atoms with Gasteiger partial charge in [0.2, 0.25) is 0 Å². The Morgan fingerprint density at radius 3 is 3.00 bits per heavy atom. The molecule has 0 amide bonds. The van der Waals surface area contributed by atoms with Crippen LogP contribution in [-0.4, -0.2) is 31.2 Å². The van der Waals surface area contributed by atoms with Crippen LogP contribution in [-0.2, 0) is 11.3 Å². The van der Waals surface area contributed by atoms with E-state index in [2.05, 4.69) is 4.98 Å². The van der Waals surface area contributed by atoms with Crippen LogP contribution in [0.15, 0.2) is 6.20 Å². The lowest BCUT2D eigenvalue weighted by molar-refractivity contribution is -0.389. The predicted molar refractivity (Wildman–Crippen MR) is 59.3 cm³/mol. The third kappa shape index (κ3) is 1.89. The monoisotopic (exact) mass is 255 g/mol. The van der Waals surface area contributed by atoms with Gasteiger partial charge in [0, 0.05) is 17.9 Å². The summed E-state index contributed by atoms with van der Waals surface area (Å²) in [6, 6.07) is 0.101. The van der Waals surface area contributed by atoms with Gasteiger partial charge >= 0.3 is 17.8 Å². The number of hydrogen-bond donors (Lipinski definition) is 1. The molecule has 0 saturated carbocycles. The first-order valence-corrected chi connectivity index (χ1v) is 5.47. The van der Waals surface area contributed by atoms with Crippen molar-refractivity contribution in [2.45, 2.75) is 32.4 Å². The smallest absolute Gasteiger partial charge is 0.414 e. The molecular formula is C10H13N3O5. The summed E-state index contributed by atoms with van der Waals surface area (Å²) < 4.78 is 7.06. The van der Waals surface area contributed by atoms with Gasteiger partial charge in [0.1, 0.15) is 11.8 Å². The second kappa shape index (κ2) is 3.97. The van der Waals surface area contributed by atoms with Gasteiger partial charge in [-0.3, -0.25) is 9.36 Å². The van der Waals surface area contributed by atoms with Crippen LogP contribution in [0.3, 0.4) is 0 Å². The molecule has 1 unspecified atom stereocenters. The average molecular weight is 255 g/mol. The highest BCUT2D eigenvalue weighted by molar-refractivity contribution is 5.71. The first-order chi connectivity index (χ1) is 8.33. The number of aryl methyl sites for hydroxylation is 1. The van der Waals surface area contributed by atoms with Crippen molar-refractivity contribution in [1.82, 2.24) is 9.55 Å². The van der Waals surface area contributed by atoms with E-state index in [1.165, 1.54) is 10.8 Å². The van der Waals surface area contributed by atoms with Crippen molar-refractivity contribution in [2.75, 3.05) is 0 Å². The Morgan fingerprint density at radius 2 is 2.44 bits per heavy atom. The number of fused-ring (bicyclic) bond motifs is 1. The van der Waals surface area contributed by atoms with Crippen molar-refractivity contribution in [3.8, 4) is 6.01 Å². The number of aliphatic carboxylic acids is 1. The summed E-state index contributed by atoms with van der Waals surface area (Å²) >= 11 is 0. The van der Waals surface area contributed by atoms with Crippen molar-refractivity contribution in [3.63, 3.8) is 0 Å². The van der Waals surface area contributed by atoms with Crippen molar-refractivity contribution >= 4 is 11.8 Å². The highest BCUT2D eigenvalue weighted by atomic mass is 16.6. The summed E-state index contributed by atoms with van der Waals surface area (Å²) in [6.07, 6.45) is 1.75. The summed E-state index contributed by atoms with van der Waals surface area (Å²) in [4.78, 5) is 24.7. The summed E-state index contributed by atoms with van der Waals surface area (Å²) in [5, 5.41) is 19.6. The van der Waals surface area contributed by atoms with Crippen LogP contribution >= 0.6 is 0 Å². The van der Waals surface area contributed by atoms with E-state index in [0.717, 1.165) is 0 Å². The lowest BCUT2D eigenvalue weighted by Gasteiger charge is -2.35. The molecule has 0 bridgehead atoms. The van der Waals surface area contributed by atoms with Gasteiger partial charge in [-0.25, -0.2) is 0 Å². The molecule has 1 aromatic heterocycles. The maximum atomic E-state index is 11.0. The molecule has 1 aliphatic heterocycles. The zero-order valence-corrected chi connectivity index (χ0v) is 9.99. The number of ether oxygens (including phenoxy) is 1. The molecule has 0 aliphatic carbocycles. The minimum Gasteiger partial charge on any atom is -0.481 e. The number of carbonyl (C=O) groups is 1. The molecule has 0 fully saturated rings. The number of carboxylic acids is 1. The van der Waals surface area contributed by atoms with E-state index in [9.17, 15) is 14.9 Å². The Morgan fingerprint density at radius 1 is 1.78 bits per heavy atom. The van der Waals surface area contributed by atoms with E-state index in [-0.39, 0.29) is 11.8 Å². The second-order valence-corrected chi connectivity index (χ2v) is 4.56. The Balaban J connectivity index is 2.29. The Labute approximate surface area is 102 Å². The van der Waals surface area contributed by atoms with Crippen LogP contribution in [0.4, 0.5) is 5.82 Å². The molecule has 0 radical (unpaired) electrons. The fourth-order valence-corrected chi connectivity index (χ4v) is 1.88. The van der Waals surface area contributed by atoms with Gasteiger partial charge in [0.05, 0.1) is 5.92 Å². The van der Waals surface area contributed by atoms with Gasteiger partial charge in [0.15, 0.2) is 0 Å². The second-order valence-electron chi connectivity index (χ2n) is 4.56. The molecule has 2 atom stereocenters. The van der Waals surface area contributed by atoms with Gasteiger partial charge in [-0.1, -0.05) is 0 Å². The predicted octanol–water partition coefficient (Wildman–Crippen LogP) is 1.05. The van der Waals surface area contributed by atoms with E-state index in [1.807, 2.05) is 0 Å². The van der Waals surface area contributed by atoms with Crippen LogP contribution in [0.25, 0.3) is 0 Å². The lowest BCUT2D eigenvalue weighted by Crippen LogP contribution is -2.47. The molecule has 0 spiro atoms. The molecule has 18 heavy (non-hydrogen) atoms. The molecule has 2 heterocycles. The fraction of sp³-hybridized carbons (Fsp3) is 0.600. The van der Waals surface area contributed by atoms with Gasteiger partial charge in [0.25, 0.3) is 0 Å². The van der Waals surface area contributed by atoms with Crippen LogP contribution in [0, 0.1) is 16.0 Å². The number of aromatic nitrogens is 2. The Hall–Kier alpha value is -2.12. The average Bonchev–Trinajstić information content (AvgIpc) is 2.70. The van der Waals surface area contributed by atoms with E-state index in [1.54, 1.807) is 13.8 Å². The van der Waals surface area contributed by atoms with Gasteiger partial charge < -0.3 is 20.0 Å². The van der Waals surface area contributed by atoms with E-state index in [4.69, 9.17) is 9.84 Å². The van der Waals surface area contributed by atoms with Crippen LogP contribution in [0.1, 0.15) is 20.3 Å². The number of nitro groups is 1. The van der Waals surface area contributed by atoms with Crippen LogP contribution in [0.2, 0.25) is 0 Å². The molecule has 2 rings (SSSR count). The summed E-state index contributed by atoms with van der Waals surface area (Å²) in [5.74, 6) is -1.98. The molecule has 1 N–H and O–H groups in total. The number of nitrogens with zero attached hydrogens (tertiary/aromatic N) is 3. The van der Waals surface area contributed by atoms with Crippen molar-refractivity contribution in [3.05, 3.63) is 16.3 Å². The topological polar surface area (TPSA) is 107 Å². The van der Waals surface area contributed by atoms with E-state index in [0.29, 0.717) is 13.0 Å². The third-order valence-corrected chi connectivity index (χ3v) is 3.37. The molecular weight excluding hydrogens is 242 g/mol. The first-order valence-electron chi connectivity index (χ1n) is 5.47. The molecule has 1 aliphatic rings. The molecule has 1 aromatic rings. The molecule has 0 aromatic carbocycles. The van der Waals surface area contributed by atoms with Crippen molar-refractivity contribution in [1.29, 1.82) is 0 Å². The fourth-order valence-electron chi connectivity index (χ4n) is 1.88. The highest BCUT2D eigenvalue weighted by Crippen LogP contribution is 2.34. The summed E-state index contributed by atoms with van der Waals surface area (Å²) in [7, 11) is 0. The van der Waals surface area contributed by atoms with Gasteiger partial charge in [-0.15, -0.1) is 0 Å². The Kier molecular flexibility index (Phi) is 2.72. The zero-order valence-electron chi connectivity index (χ0n) is 9.99. The largest absolute Gasteiger partial charge is 0.481 e. The van der Waals surface area contributed by atoms with Crippen LogP contribution in [0.5, 0.6) is 6.01 Å². The number of imidazole rings is 1. The quantitative estimate of drug-likeness (QED) is 0.639. The lowest BCUT2D eigenvalue weighted by atomic mass is 9.87.